The summed E-state index contributed by atoms with van der Waals surface area (Å²) < 4.78 is 7.85. The Bertz CT molecular complexity index is 992. The summed E-state index contributed by atoms with van der Waals surface area (Å²) in [6, 6.07) is 15.0. The second kappa shape index (κ2) is 8.53. The van der Waals surface area contributed by atoms with Gasteiger partial charge in [0.2, 0.25) is 0 Å². The molecule has 1 amide bonds. The van der Waals surface area contributed by atoms with Gasteiger partial charge in [0.1, 0.15) is 5.76 Å². The number of amides is 1. The minimum absolute atomic E-state index is 0.201. The van der Waals surface area contributed by atoms with Gasteiger partial charge < -0.3 is 9.73 Å². The number of carbonyl (C=O) groups is 1. The van der Waals surface area contributed by atoms with Gasteiger partial charge in [0.05, 0.1) is 0 Å². The van der Waals surface area contributed by atoms with Crippen LogP contribution in [0.1, 0.15) is 21.7 Å². The zero-order chi connectivity index (χ0) is 19.6. The molecule has 3 rings (SSSR count). The van der Waals surface area contributed by atoms with Crippen LogP contribution in [0, 0.1) is 17.4 Å². The molecule has 0 unspecified atom stereocenters. The van der Waals surface area contributed by atoms with E-state index >= 15 is 0 Å². The first kappa shape index (κ1) is 20.0. The van der Waals surface area contributed by atoms with Crippen LogP contribution in [0.2, 0.25) is 0 Å². The minimum atomic E-state index is -0.394. The highest BCUT2D eigenvalue weighted by atomic mass is 127. The zero-order valence-electron chi connectivity index (χ0n) is 14.6. The molecule has 0 aliphatic carbocycles. The maximum absolute atomic E-state index is 12.4. The predicted molar refractivity (Wildman–Crippen MR) is 124 cm³/mol. The molecule has 2 aromatic carbocycles. The average Bonchev–Trinajstić information content (AvgIpc) is 3.10. The van der Waals surface area contributed by atoms with Gasteiger partial charge in [0, 0.05) is 19.3 Å². The number of nitrogens with one attached hydrogen (secondary N) is 2. The van der Waals surface area contributed by atoms with Crippen molar-refractivity contribution in [2.75, 3.05) is 5.32 Å². The average molecular weight is 555 g/mol. The third kappa shape index (κ3) is 4.97. The molecule has 0 fully saturated rings. The van der Waals surface area contributed by atoms with E-state index in [0.717, 1.165) is 26.9 Å². The van der Waals surface area contributed by atoms with Crippen LogP contribution in [0.4, 0.5) is 5.69 Å². The minimum Gasteiger partial charge on any atom is -0.451 e. The van der Waals surface area contributed by atoms with Gasteiger partial charge in [-0.05, 0) is 96.2 Å². The lowest BCUT2D eigenvalue weighted by atomic mass is 10.1. The number of furan rings is 1. The third-order valence-electron chi connectivity index (χ3n) is 3.88. The number of benzene rings is 2. The first-order valence-electron chi connectivity index (χ1n) is 8.08. The monoisotopic (exact) mass is 554 g/mol. The quantitative estimate of drug-likeness (QED) is 0.305. The molecule has 0 bridgehead atoms. The van der Waals surface area contributed by atoms with Crippen LogP contribution < -0.4 is 10.6 Å². The Balaban J connectivity index is 1.67. The van der Waals surface area contributed by atoms with E-state index in [4.69, 9.17) is 16.6 Å². The lowest BCUT2D eigenvalue weighted by Crippen LogP contribution is -2.33. The summed E-state index contributed by atoms with van der Waals surface area (Å²) in [4.78, 5) is 12.4. The molecule has 1 heterocycles. The van der Waals surface area contributed by atoms with E-state index in [1.54, 1.807) is 12.1 Å². The Hall–Kier alpha value is -1.71. The zero-order valence-corrected chi connectivity index (χ0v) is 19.2. The summed E-state index contributed by atoms with van der Waals surface area (Å²) in [5.74, 6) is 0.428. The number of thiocarbonyl (C=S) groups is 1. The summed E-state index contributed by atoms with van der Waals surface area (Å²) in [6.07, 6.45) is 0. The van der Waals surface area contributed by atoms with E-state index in [1.807, 2.05) is 50.2 Å². The highest BCUT2D eigenvalue weighted by Crippen LogP contribution is 2.24. The van der Waals surface area contributed by atoms with E-state index < -0.39 is 5.91 Å². The van der Waals surface area contributed by atoms with Crippen LogP contribution in [0.3, 0.4) is 0 Å². The Labute approximate surface area is 185 Å². The van der Waals surface area contributed by atoms with Crippen molar-refractivity contribution >= 4 is 67.4 Å². The first-order valence-corrected chi connectivity index (χ1v) is 10.4. The first-order chi connectivity index (χ1) is 12.8. The Morgan fingerprint density at radius 3 is 2.33 bits per heavy atom. The van der Waals surface area contributed by atoms with Crippen molar-refractivity contribution in [2.24, 2.45) is 0 Å². The van der Waals surface area contributed by atoms with Gasteiger partial charge >= 0.3 is 0 Å². The normalized spacial score (nSPS) is 10.5. The lowest BCUT2D eigenvalue weighted by molar-refractivity contribution is 0.0951. The van der Waals surface area contributed by atoms with Crippen LogP contribution >= 0.6 is 50.7 Å². The number of hydrogen-bond donors (Lipinski definition) is 2. The van der Waals surface area contributed by atoms with Crippen molar-refractivity contribution < 1.29 is 9.21 Å². The highest BCUT2D eigenvalue weighted by Gasteiger charge is 2.14. The predicted octanol–water partition coefficient (Wildman–Crippen LogP) is 6.06. The van der Waals surface area contributed by atoms with E-state index in [2.05, 4.69) is 49.2 Å². The maximum atomic E-state index is 12.4. The van der Waals surface area contributed by atoms with Gasteiger partial charge in [-0.2, -0.15) is 0 Å². The van der Waals surface area contributed by atoms with Crippen molar-refractivity contribution in [3.8, 4) is 11.3 Å². The molecule has 0 radical (unpaired) electrons. The van der Waals surface area contributed by atoms with Gasteiger partial charge in [-0.3, -0.25) is 10.1 Å². The fourth-order valence-electron chi connectivity index (χ4n) is 2.57. The largest absolute Gasteiger partial charge is 0.451 e. The number of halogens is 2. The van der Waals surface area contributed by atoms with E-state index in [9.17, 15) is 4.79 Å². The third-order valence-corrected chi connectivity index (χ3v) is 6.31. The van der Waals surface area contributed by atoms with Crippen LogP contribution in [0.15, 0.2) is 57.4 Å². The van der Waals surface area contributed by atoms with Crippen LogP contribution in [0.25, 0.3) is 11.3 Å². The Morgan fingerprint density at radius 1 is 1.07 bits per heavy atom. The number of hydrogen-bond acceptors (Lipinski definition) is 3. The Kier molecular flexibility index (Phi) is 6.33. The summed E-state index contributed by atoms with van der Waals surface area (Å²) in [6.45, 7) is 4.07. The summed E-state index contributed by atoms with van der Waals surface area (Å²) >= 11 is 11.0. The molecule has 3 aromatic rings. The Morgan fingerprint density at radius 2 is 1.70 bits per heavy atom. The summed E-state index contributed by atoms with van der Waals surface area (Å²) in [5.41, 5.74) is 4.03. The van der Waals surface area contributed by atoms with Gasteiger partial charge in [-0.1, -0.05) is 28.1 Å². The summed E-state index contributed by atoms with van der Waals surface area (Å²) in [5, 5.41) is 5.92. The molecule has 0 atom stereocenters. The molecule has 2 N–H and O–H groups in total. The van der Waals surface area contributed by atoms with Crippen molar-refractivity contribution in [1.29, 1.82) is 0 Å². The number of aryl methyl sites for hydroxylation is 2. The second-order valence-electron chi connectivity index (χ2n) is 6.00. The van der Waals surface area contributed by atoms with Gasteiger partial charge in [-0.25, -0.2) is 0 Å². The molecule has 0 spiro atoms. The fraction of sp³-hybridized carbons (Fsp3) is 0.100. The maximum Gasteiger partial charge on any atom is 0.293 e. The SMILES string of the molecule is Cc1cc(NC(=S)NC(=O)c2ccc(-c3ccc(Br)cc3)o2)cc(C)c1I. The molecular weight excluding hydrogens is 539 g/mol. The number of carbonyl (C=O) groups excluding carboxylic acids is 1. The standard InChI is InChI=1S/C20H16BrIN2O2S/c1-11-9-15(10-12(2)18(11)22)23-20(27)24-19(25)17-8-7-16(26-17)13-3-5-14(21)6-4-13/h3-10H,1-2H3,(H2,23,24,25,27). The lowest BCUT2D eigenvalue weighted by Gasteiger charge is -2.11. The molecule has 0 saturated carbocycles. The molecule has 7 heteroatoms. The van der Waals surface area contributed by atoms with Crippen LogP contribution in [-0.2, 0) is 0 Å². The van der Waals surface area contributed by atoms with Gasteiger partial charge in [0.25, 0.3) is 5.91 Å². The van der Waals surface area contributed by atoms with Crippen LogP contribution in [0.5, 0.6) is 0 Å². The molecule has 0 aliphatic heterocycles. The number of rotatable bonds is 3. The van der Waals surface area contributed by atoms with Crippen molar-refractivity contribution in [3.63, 3.8) is 0 Å². The second-order valence-corrected chi connectivity index (χ2v) is 8.41. The molecule has 0 aliphatic rings. The van der Waals surface area contributed by atoms with E-state index in [-0.39, 0.29) is 10.9 Å². The van der Waals surface area contributed by atoms with Gasteiger partial charge in [0.15, 0.2) is 10.9 Å². The smallest absolute Gasteiger partial charge is 0.293 e. The molecule has 4 nitrogen and oxygen atoms in total. The summed E-state index contributed by atoms with van der Waals surface area (Å²) in [7, 11) is 0. The van der Waals surface area contributed by atoms with Gasteiger partial charge in [-0.15, -0.1) is 0 Å². The topological polar surface area (TPSA) is 54.3 Å². The van der Waals surface area contributed by atoms with E-state index in [0.29, 0.717) is 5.76 Å². The van der Waals surface area contributed by atoms with E-state index in [1.165, 1.54) is 3.57 Å². The molecule has 1 aromatic heterocycles. The van der Waals surface area contributed by atoms with Crippen molar-refractivity contribution in [2.45, 2.75) is 13.8 Å². The van der Waals surface area contributed by atoms with Crippen LogP contribution in [-0.4, -0.2) is 11.0 Å². The molecule has 138 valence electrons. The fourth-order valence-corrected chi connectivity index (χ4v) is 3.36. The molecule has 27 heavy (non-hydrogen) atoms. The van der Waals surface area contributed by atoms with Crippen molar-refractivity contribution in [3.05, 3.63) is 73.5 Å². The molecular formula is C20H16BrIN2O2S. The molecule has 0 saturated heterocycles. The van der Waals surface area contributed by atoms with Crippen molar-refractivity contribution in [1.82, 2.24) is 5.32 Å². The number of anilines is 1. The highest BCUT2D eigenvalue weighted by molar-refractivity contribution is 14.1.